The molecule has 6 heteroatoms. The molecule has 0 aromatic heterocycles. The SMILES string of the molecule is COc1ccc(CC(=O)OCC(=O)N[C@@H](C)c2ccccc2Cl)cc1. The average Bonchev–Trinajstić information content (AvgIpc) is 2.61. The zero-order valence-electron chi connectivity index (χ0n) is 14.1. The fraction of sp³-hybridized carbons (Fsp3) is 0.263. The van der Waals surface area contributed by atoms with Gasteiger partial charge in [0, 0.05) is 5.02 Å². The monoisotopic (exact) mass is 361 g/mol. The zero-order chi connectivity index (χ0) is 18.2. The third kappa shape index (κ3) is 5.80. The first kappa shape index (κ1) is 18.8. The lowest BCUT2D eigenvalue weighted by Crippen LogP contribution is -2.31. The lowest BCUT2D eigenvalue weighted by atomic mass is 10.1. The highest BCUT2D eigenvalue weighted by atomic mass is 35.5. The molecule has 0 bridgehead atoms. The van der Waals surface area contributed by atoms with Crippen molar-refractivity contribution in [3.63, 3.8) is 0 Å². The molecule has 0 aliphatic heterocycles. The Bertz CT molecular complexity index is 730. The van der Waals surface area contributed by atoms with Crippen LogP contribution in [0.5, 0.6) is 5.75 Å². The minimum Gasteiger partial charge on any atom is -0.497 e. The molecule has 0 radical (unpaired) electrons. The van der Waals surface area contributed by atoms with Gasteiger partial charge in [0.2, 0.25) is 0 Å². The lowest BCUT2D eigenvalue weighted by Gasteiger charge is -2.15. The Balaban J connectivity index is 1.78. The normalized spacial score (nSPS) is 11.5. The van der Waals surface area contributed by atoms with Gasteiger partial charge in [0.25, 0.3) is 5.91 Å². The maximum Gasteiger partial charge on any atom is 0.310 e. The van der Waals surface area contributed by atoms with Crippen LogP contribution >= 0.6 is 11.6 Å². The molecule has 1 N–H and O–H groups in total. The van der Waals surface area contributed by atoms with Gasteiger partial charge in [-0.2, -0.15) is 0 Å². The average molecular weight is 362 g/mol. The van der Waals surface area contributed by atoms with Crippen LogP contribution in [-0.2, 0) is 20.7 Å². The number of esters is 1. The fourth-order valence-electron chi connectivity index (χ4n) is 2.29. The Hall–Kier alpha value is -2.53. The summed E-state index contributed by atoms with van der Waals surface area (Å²) < 4.78 is 10.1. The molecule has 25 heavy (non-hydrogen) atoms. The lowest BCUT2D eigenvalue weighted by molar-refractivity contribution is -0.148. The van der Waals surface area contributed by atoms with Gasteiger partial charge in [-0.15, -0.1) is 0 Å². The molecule has 0 fully saturated rings. The molecule has 132 valence electrons. The molecule has 2 rings (SSSR count). The second-order valence-electron chi connectivity index (χ2n) is 5.50. The molecule has 5 nitrogen and oxygen atoms in total. The summed E-state index contributed by atoms with van der Waals surface area (Å²) in [5, 5.41) is 3.33. The third-order valence-electron chi connectivity index (χ3n) is 3.62. The molecular weight excluding hydrogens is 342 g/mol. The van der Waals surface area contributed by atoms with Gasteiger partial charge in [-0.25, -0.2) is 0 Å². The maximum atomic E-state index is 11.9. The topological polar surface area (TPSA) is 64.6 Å². The molecule has 1 amide bonds. The Labute approximate surface area is 151 Å². The Morgan fingerprint density at radius 3 is 2.44 bits per heavy atom. The van der Waals surface area contributed by atoms with Gasteiger partial charge in [0.15, 0.2) is 6.61 Å². The summed E-state index contributed by atoms with van der Waals surface area (Å²) in [4.78, 5) is 23.8. The van der Waals surface area contributed by atoms with Crippen LogP contribution in [0, 0.1) is 0 Å². The van der Waals surface area contributed by atoms with Crippen molar-refractivity contribution in [2.45, 2.75) is 19.4 Å². The van der Waals surface area contributed by atoms with Crippen molar-refractivity contribution in [1.82, 2.24) is 5.32 Å². The van der Waals surface area contributed by atoms with E-state index in [1.54, 1.807) is 37.4 Å². The first-order valence-corrected chi connectivity index (χ1v) is 8.19. The van der Waals surface area contributed by atoms with Crippen molar-refractivity contribution in [2.75, 3.05) is 13.7 Å². The molecule has 0 spiro atoms. The number of halogens is 1. The molecule has 0 unspecified atom stereocenters. The molecule has 0 aliphatic carbocycles. The number of amides is 1. The smallest absolute Gasteiger partial charge is 0.310 e. The Morgan fingerprint density at radius 2 is 1.80 bits per heavy atom. The van der Waals surface area contributed by atoms with E-state index in [4.69, 9.17) is 21.1 Å². The largest absolute Gasteiger partial charge is 0.497 e. The third-order valence-corrected chi connectivity index (χ3v) is 3.97. The Kier molecular flexibility index (Phi) is 6.83. The van der Waals surface area contributed by atoms with E-state index in [2.05, 4.69) is 5.32 Å². The van der Waals surface area contributed by atoms with Crippen molar-refractivity contribution >= 4 is 23.5 Å². The van der Waals surface area contributed by atoms with Crippen molar-refractivity contribution in [3.8, 4) is 5.75 Å². The predicted molar refractivity (Wildman–Crippen MR) is 95.7 cm³/mol. The van der Waals surface area contributed by atoms with Crippen LogP contribution in [0.1, 0.15) is 24.1 Å². The van der Waals surface area contributed by atoms with Crippen LogP contribution in [-0.4, -0.2) is 25.6 Å². The van der Waals surface area contributed by atoms with Gasteiger partial charge in [-0.1, -0.05) is 41.9 Å². The second-order valence-corrected chi connectivity index (χ2v) is 5.90. The number of carbonyl (C=O) groups is 2. The van der Waals surface area contributed by atoms with Crippen molar-refractivity contribution in [2.24, 2.45) is 0 Å². The first-order chi connectivity index (χ1) is 12.0. The summed E-state index contributed by atoms with van der Waals surface area (Å²) in [7, 11) is 1.57. The van der Waals surface area contributed by atoms with Gasteiger partial charge in [0.1, 0.15) is 5.75 Å². The zero-order valence-corrected chi connectivity index (χ0v) is 14.9. The number of rotatable bonds is 7. The van der Waals surface area contributed by atoms with E-state index in [-0.39, 0.29) is 25.0 Å². The quantitative estimate of drug-likeness (QED) is 0.768. The number of ether oxygens (including phenoxy) is 2. The van der Waals surface area contributed by atoms with Gasteiger partial charge in [-0.3, -0.25) is 9.59 Å². The van der Waals surface area contributed by atoms with Crippen LogP contribution in [0.4, 0.5) is 0 Å². The highest BCUT2D eigenvalue weighted by Gasteiger charge is 2.14. The van der Waals surface area contributed by atoms with E-state index in [0.29, 0.717) is 10.8 Å². The minimum atomic E-state index is -0.467. The van der Waals surface area contributed by atoms with E-state index in [0.717, 1.165) is 11.1 Å². The number of carbonyl (C=O) groups excluding carboxylic acids is 2. The second kappa shape index (κ2) is 9.08. The molecular formula is C19H20ClNO4. The molecule has 2 aromatic rings. The summed E-state index contributed by atoms with van der Waals surface area (Å²) in [5.74, 6) is -0.133. The standard InChI is InChI=1S/C19H20ClNO4/c1-13(16-5-3-4-6-17(16)20)21-18(22)12-25-19(23)11-14-7-9-15(24-2)10-8-14/h3-10,13H,11-12H2,1-2H3,(H,21,22)/t13-/m0/s1. The first-order valence-electron chi connectivity index (χ1n) is 7.82. The summed E-state index contributed by atoms with van der Waals surface area (Å²) in [6.07, 6.45) is 0.0946. The van der Waals surface area contributed by atoms with Gasteiger partial charge < -0.3 is 14.8 Å². The number of benzene rings is 2. The Morgan fingerprint density at radius 1 is 1.12 bits per heavy atom. The van der Waals surface area contributed by atoms with Crippen LogP contribution in [0.25, 0.3) is 0 Å². The van der Waals surface area contributed by atoms with Gasteiger partial charge >= 0.3 is 5.97 Å². The van der Waals surface area contributed by atoms with Gasteiger partial charge in [0.05, 0.1) is 19.6 Å². The fourth-order valence-corrected chi connectivity index (χ4v) is 2.59. The van der Waals surface area contributed by atoms with Crippen molar-refractivity contribution < 1.29 is 19.1 Å². The summed E-state index contributed by atoms with van der Waals surface area (Å²) in [6.45, 7) is 1.49. The van der Waals surface area contributed by atoms with E-state index in [1.807, 2.05) is 25.1 Å². The molecule has 0 aliphatic rings. The van der Waals surface area contributed by atoms with Gasteiger partial charge in [-0.05, 0) is 36.2 Å². The van der Waals surface area contributed by atoms with Crippen LogP contribution < -0.4 is 10.1 Å². The minimum absolute atomic E-state index is 0.0946. The summed E-state index contributed by atoms with van der Waals surface area (Å²) in [6, 6.07) is 14.1. The van der Waals surface area contributed by atoms with Crippen LogP contribution in [0.15, 0.2) is 48.5 Å². The predicted octanol–water partition coefficient (Wildman–Crippen LogP) is 3.31. The number of hydrogen-bond acceptors (Lipinski definition) is 4. The maximum absolute atomic E-state index is 11.9. The van der Waals surface area contributed by atoms with E-state index in [1.165, 1.54) is 0 Å². The van der Waals surface area contributed by atoms with Crippen LogP contribution in [0.3, 0.4) is 0 Å². The molecule has 0 saturated heterocycles. The number of nitrogens with one attached hydrogen (secondary N) is 1. The van der Waals surface area contributed by atoms with E-state index in [9.17, 15) is 9.59 Å². The number of hydrogen-bond donors (Lipinski definition) is 1. The number of methoxy groups -OCH3 is 1. The summed E-state index contributed by atoms with van der Waals surface area (Å²) >= 11 is 6.10. The van der Waals surface area contributed by atoms with E-state index >= 15 is 0 Å². The highest BCUT2D eigenvalue weighted by molar-refractivity contribution is 6.31. The molecule has 2 aromatic carbocycles. The van der Waals surface area contributed by atoms with E-state index < -0.39 is 5.97 Å². The van der Waals surface area contributed by atoms with Crippen LogP contribution in [0.2, 0.25) is 5.02 Å². The molecule has 0 heterocycles. The molecule has 1 atom stereocenters. The molecule has 0 saturated carbocycles. The van der Waals surface area contributed by atoms with Crippen molar-refractivity contribution in [3.05, 3.63) is 64.7 Å². The summed E-state index contributed by atoms with van der Waals surface area (Å²) in [5.41, 5.74) is 1.60. The van der Waals surface area contributed by atoms with Crippen molar-refractivity contribution in [1.29, 1.82) is 0 Å². The highest BCUT2D eigenvalue weighted by Crippen LogP contribution is 2.21.